The van der Waals surface area contributed by atoms with Gasteiger partial charge in [-0.25, -0.2) is 4.98 Å². The quantitative estimate of drug-likeness (QED) is 0.921. The first-order chi connectivity index (χ1) is 8.61. The van der Waals surface area contributed by atoms with Crippen molar-refractivity contribution in [2.45, 2.75) is 32.9 Å². The van der Waals surface area contributed by atoms with E-state index in [1.54, 1.807) is 12.3 Å². The van der Waals surface area contributed by atoms with Crippen molar-refractivity contribution in [3.05, 3.63) is 52.6 Å². The summed E-state index contributed by atoms with van der Waals surface area (Å²) in [5.74, 6) is 0.902. The van der Waals surface area contributed by atoms with Crippen molar-refractivity contribution in [1.29, 1.82) is 0 Å². The van der Waals surface area contributed by atoms with Gasteiger partial charge in [0.1, 0.15) is 5.82 Å². The Bertz CT molecular complexity index is 536. The number of aryl methyl sites for hydroxylation is 2. The second-order valence-corrected chi connectivity index (χ2v) is 4.79. The predicted molar refractivity (Wildman–Crippen MR) is 72.8 cm³/mol. The Hall–Kier alpha value is -1.32. The number of imidazole rings is 1. The van der Waals surface area contributed by atoms with Crippen LogP contribution in [0.5, 0.6) is 0 Å². The second kappa shape index (κ2) is 5.55. The third-order valence-corrected chi connectivity index (χ3v) is 3.34. The molecule has 1 heterocycles. The van der Waals surface area contributed by atoms with Crippen LogP contribution < -0.4 is 0 Å². The summed E-state index contributed by atoms with van der Waals surface area (Å²) in [5, 5.41) is 11.0. The zero-order valence-electron chi connectivity index (χ0n) is 10.6. The van der Waals surface area contributed by atoms with Crippen LogP contribution in [0.4, 0.5) is 0 Å². The molecular formula is C14H17ClN2O. The van der Waals surface area contributed by atoms with Gasteiger partial charge in [0.05, 0.1) is 6.10 Å². The summed E-state index contributed by atoms with van der Waals surface area (Å²) >= 11 is 5.91. The maximum atomic E-state index is 10.3. The normalized spacial score (nSPS) is 12.7. The molecule has 0 aliphatic carbocycles. The zero-order chi connectivity index (χ0) is 13.1. The molecule has 0 fully saturated rings. The molecule has 4 heteroatoms. The summed E-state index contributed by atoms with van der Waals surface area (Å²) in [6.45, 7) is 4.88. The molecular weight excluding hydrogens is 248 g/mol. The van der Waals surface area contributed by atoms with Crippen molar-refractivity contribution < 1.29 is 5.11 Å². The summed E-state index contributed by atoms with van der Waals surface area (Å²) < 4.78 is 2.04. The number of aliphatic hydroxyl groups is 1. The van der Waals surface area contributed by atoms with Crippen LogP contribution in [0.1, 0.15) is 30.0 Å². The lowest BCUT2D eigenvalue weighted by Crippen LogP contribution is -2.09. The summed E-state index contributed by atoms with van der Waals surface area (Å²) in [6, 6.07) is 5.55. The van der Waals surface area contributed by atoms with Gasteiger partial charge in [-0.3, -0.25) is 0 Å². The molecule has 0 aliphatic rings. The molecule has 0 radical (unpaired) electrons. The summed E-state index contributed by atoms with van der Waals surface area (Å²) in [5.41, 5.74) is 1.91. The van der Waals surface area contributed by atoms with Crippen molar-refractivity contribution in [3.8, 4) is 0 Å². The molecule has 1 N–H and O–H groups in total. The van der Waals surface area contributed by atoms with E-state index in [-0.39, 0.29) is 0 Å². The first-order valence-electron chi connectivity index (χ1n) is 6.06. The van der Waals surface area contributed by atoms with Crippen LogP contribution in [0.25, 0.3) is 0 Å². The molecule has 0 saturated heterocycles. The Labute approximate surface area is 112 Å². The van der Waals surface area contributed by atoms with Crippen LogP contribution in [0.2, 0.25) is 5.02 Å². The number of halogens is 1. The van der Waals surface area contributed by atoms with Crippen molar-refractivity contribution >= 4 is 11.6 Å². The lowest BCUT2D eigenvalue weighted by Gasteiger charge is -2.14. The minimum Gasteiger partial charge on any atom is -0.388 e. The number of hydrogen-bond donors (Lipinski definition) is 1. The molecule has 2 aromatic rings. The van der Waals surface area contributed by atoms with Crippen LogP contribution in [-0.2, 0) is 13.0 Å². The smallest absolute Gasteiger partial charge is 0.111 e. The van der Waals surface area contributed by atoms with E-state index in [1.165, 1.54) is 0 Å². The number of nitrogens with zero attached hydrogens (tertiary/aromatic N) is 2. The fraction of sp³-hybridized carbons (Fsp3) is 0.357. The summed E-state index contributed by atoms with van der Waals surface area (Å²) in [6.07, 6.45) is 3.66. The van der Waals surface area contributed by atoms with E-state index in [4.69, 9.17) is 11.6 Å². The molecule has 3 nitrogen and oxygen atoms in total. The van der Waals surface area contributed by atoms with Crippen LogP contribution in [0.3, 0.4) is 0 Å². The standard InChI is InChI=1S/C14H17ClN2O/c1-3-17-7-6-16-14(17)9-13(18)12-5-4-11(15)8-10(12)2/h4-8,13,18H,3,9H2,1-2H3. The molecule has 0 aliphatic heterocycles. The van der Waals surface area contributed by atoms with Crippen molar-refractivity contribution in [2.75, 3.05) is 0 Å². The highest BCUT2D eigenvalue weighted by Crippen LogP contribution is 2.23. The van der Waals surface area contributed by atoms with Gasteiger partial charge < -0.3 is 9.67 Å². The highest BCUT2D eigenvalue weighted by molar-refractivity contribution is 6.30. The number of benzene rings is 1. The zero-order valence-corrected chi connectivity index (χ0v) is 11.4. The highest BCUT2D eigenvalue weighted by Gasteiger charge is 2.14. The van der Waals surface area contributed by atoms with Gasteiger partial charge in [0.2, 0.25) is 0 Å². The van der Waals surface area contributed by atoms with E-state index in [0.717, 1.165) is 23.5 Å². The van der Waals surface area contributed by atoms with Gasteiger partial charge in [0, 0.05) is 30.4 Å². The van der Waals surface area contributed by atoms with E-state index < -0.39 is 6.10 Å². The Morgan fingerprint density at radius 1 is 1.44 bits per heavy atom. The van der Waals surface area contributed by atoms with Crippen LogP contribution in [0, 0.1) is 6.92 Å². The topological polar surface area (TPSA) is 38.0 Å². The van der Waals surface area contributed by atoms with Crippen LogP contribution >= 0.6 is 11.6 Å². The second-order valence-electron chi connectivity index (χ2n) is 4.35. The van der Waals surface area contributed by atoms with E-state index in [1.807, 2.05) is 29.8 Å². The molecule has 96 valence electrons. The molecule has 1 atom stereocenters. The van der Waals surface area contributed by atoms with E-state index in [2.05, 4.69) is 11.9 Å². The number of aromatic nitrogens is 2. The van der Waals surface area contributed by atoms with Gasteiger partial charge in [-0.1, -0.05) is 17.7 Å². The van der Waals surface area contributed by atoms with Gasteiger partial charge in [0.25, 0.3) is 0 Å². The average Bonchev–Trinajstić information content (AvgIpc) is 2.76. The van der Waals surface area contributed by atoms with Crippen molar-refractivity contribution in [1.82, 2.24) is 9.55 Å². The van der Waals surface area contributed by atoms with Crippen molar-refractivity contribution in [2.24, 2.45) is 0 Å². The third kappa shape index (κ3) is 2.74. The fourth-order valence-corrected chi connectivity index (χ4v) is 2.34. The number of rotatable bonds is 4. The monoisotopic (exact) mass is 264 g/mol. The predicted octanol–water partition coefficient (Wildman–Crippen LogP) is 3.14. The van der Waals surface area contributed by atoms with E-state index in [9.17, 15) is 5.11 Å². The Morgan fingerprint density at radius 3 is 2.89 bits per heavy atom. The molecule has 18 heavy (non-hydrogen) atoms. The lowest BCUT2D eigenvalue weighted by molar-refractivity contribution is 0.174. The molecule has 0 amide bonds. The molecule has 0 spiro atoms. The first-order valence-corrected chi connectivity index (χ1v) is 6.43. The van der Waals surface area contributed by atoms with Gasteiger partial charge in [-0.05, 0) is 37.1 Å². The average molecular weight is 265 g/mol. The van der Waals surface area contributed by atoms with Gasteiger partial charge in [0.15, 0.2) is 0 Å². The molecule has 1 aromatic heterocycles. The largest absolute Gasteiger partial charge is 0.388 e. The third-order valence-electron chi connectivity index (χ3n) is 3.11. The Balaban J connectivity index is 2.19. The van der Waals surface area contributed by atoms with E-state index >= 15 is 0 Å². The first kappa shape index (κ1) is 13.1. The maximum absolute atomic E-state index is 10.3. The van der Waals surface area contributed by atoms with E-state index in [0.29, 0.717) is 11.4 Å². The van der Waals surface area contributed by atoms with Crippen LogP contribution in [-0.4, -0.2) is 14.7 Å². The van der Waals surface area contributed by atoms with Crippen molar-refractivity contribution in [3.63, 3.8) is 0 Å². The van der Waals surface area contributed by atoms with Gasteiger partial charge in [-0.15, -0.1) is 0 Å². The summed E-state index contributed by atoms with van der Waals surface area (Å²) in [4.78, 5) is 4.28. The minimum atomic E-state index is -0.546. The van der Waals surface area contributed by atoms with Gasteiger partial charge in [-0.2, -0.15) is 0 Å². The molecule has 1 unspecified atom stereocenters. The number of hydrogen-bond acceptors (Lipinski definition) is 2. The SMILES string of the molecule is CCn1ccnc1CC(O)c1ccc(Cl)cc1C. The van der Waals surface area contributed by atoms with Crippen LogP contribution in [0.15, 0.2) is 30.6 Å². The molecule has 2 rings (SSSR count). The highest BCUT2D eigenvalue weighted by atomic mass is 35.5. The Kier molecular flexibility index (Phi) is 4.04. The molecule has 0 bridgehead atoms. The fourth-order valence-electron chi connectivity index (χ4n) is 2.11. The lowest BCUT2D eigenvalue weighted by atomic mass is 10.0. The molecule has 1 aromatic carbocycles. The summed E-state index contributed by atoms with van der Waals surface area (Å²) in [7, 11) is 0. The minimum absolute atomic E-state index is 0.517. The Morgan fingerprint density at radius 2 is 2.22 bits per heavy atom. The molecule has 0 saturated carbocycles. The number of aliphatic hydroxyl groups excluding tert-OH is 1. The van der Waals surface area contributed by atoms with Gasteiger partial charge >= 0.3 is 0 Å². The maximum Gasteiger partial charge on any atom is 0.111 e.